The molecule has 0 saturated heterocycles. The summed E-state index contributed by atoms with van der Waals surface area (Å²) in [5, 5.41) is 4.78. The minimum absolute atomic E-state index is 0.0956. The number of sulfonamides is 1. The van der Waals surface area contributed by atoms with Crippen LogP contribution in [0.15, 0.2) is 95.9 Å². The molecule has 4 aromatic rings. The van der Waals surface area contributed by atoms with Gasteiger partial charge in [0, 0.05) is 11.1 Å². The van der Waals surface area contributed by atoms with Crippen LogP contribution < -0.4 is 19.1 Å². The highest BCUT2D eigenvalue weighted by molar-refractivity contribution is 7.92. The molecule has 5 rings (SSSR count). The van der Waals surface area contributed by atoms with Gasteiger partial charge in [0.2, 0.25) is 0 Å². The molecular weight excluding hydrogens is 452 g/mol. The molecule has 1 atom stereocenters. The van der Waals surface area contributed by atoms with Crippen molar-refractivity contribution >= 4 is 38.1 Å². The van der Waals surface area contributed by atoms with E-state index in [1.54, 1.807) is 36.4 Å². The quantitative estimate of drug-likeness (QED) is 0.462. The number of ether oxygens (including phenoxy) is 2. The average Bonchev–Trinajstić information content (AvgIpc) is 2.88. The van der Waals surface area contributed by atoms with E-state index in [2.05, 4.69) is 5.32 Å². The Labute approximate surface area is 197 Å². The third kappa shape index (κ3) is 3.92. The van der Waals surface area contributed by atoms with Crippen LogP contribution in [0.5, 0.6) is 11.5 Å². The summed E-state index contributed by atoms with van der Waals surface area (Å²) in [4.78, 5) is 13.3. The fraction of sp³-hybridized carbons (Fsp3) is 0.115. The number of rotatable bonds is 5. The highest BCUT2D eigenvalue weighted by Crippen LogP contribution is 2.37. The van der Waals surface area contributed by atoms with E-state index >= 15 is 0 Å². The number of nitrogens with zero attached hydrogens (tertiary/aromatic N) is 1. The molecule has 0 bridgehead atoms. The van der Waals surface area contributed by atoms with Gasteiger partial charge in [0.05, 0.1) is 24.2 Å². The van der Waals surface area contributed by atoms with Gasteiger partial charge in [0.15, 0.2) is 6.10 Å². The molecule has 0 aromatic heterocycles. The molecule has 34 heavy (non-hydrogen) atoms. The van der Waals surface area contributed by atoms with Crippen LogP contribution >= 0.6 is 0 Å². The second-order valence-electron chi connectivity index (χ2n) is 7.80. The molecule has 172 valence electrons. The maximum absolute atomic E-state index is 13.5. The Hall–Kier alpha value is -4.04. The summed E-state index contributed by atoms with van der Waals surface area (Å²) < 4.78 is 39.4. The standard InChI is InChI=1S/C26H22N2O5S/c1-32-19-13-15-20(16-14-19)34(30,31)28-17-25(33-24-12-5-4-11-23(24)28)26(29)27-22-10-6-8-18-7-2-3-9-21(18)22/h2-16,25H,17H2,1H3,(H,27,29)/t25-/m1/s1. The summed E-state index contributed by atoms with van der Waals surface area (Å²) in [6, 6.07) is 26.3. The fourth-order valence-corrected chi connectivity index (χ4v) is 5.46. The van der Waals surface area contributed by atoms with Crippen LogP contribution in [-0.2, 0) is 14.8 Å². The van der Waals surface area contributed by atoms with Crippen LogP contribution in [0.1, 0.15) is 0 Å². The van der Waals surface area contributed by atoms with Gasteiger partial charge < -0.3 is 14.8 Å². The molecule has 0 fully saturated rings. The van der Waals surface area contributed by atoms with Crippen molar-refractivity contribution in [3.8, 4) is 11.5 Å². The minimum Gasteiger partial charge on any atom is -0.497 e. The number of anilines is 2. The first-order valence-corrected chi connectivity index (χ1v) is 12.1. The number of fused-ring (bicyclic) bond motifs is 2. The van der Waals surface area contributed by atoms with Gasteiger partial charge in [-0.2, -0.15) is 0 Å². The SMILES string of the molecule is COc1ccc(S(=O)(=O)N2C[C@H](C(=O)Nc3cccc4ccccc34)Oc3ccccc32)cc1. The van der Waals surface area contributed by atoms with Gasteiger partial charge in [-0.15, -0.1) is 0 Å². The first kappa shape index (κ1) is 21.8. The van der Waals surface area contributed by atoms with E-state index in [4.69, 9.17) is 9.47 Å². The molecule has 0 saturated carbocycles. The van der Waals surface area contributed by atoms with Gasteiger partial charge in [0.25, 0.3) is 15.9 Å². The zero-order valence-corrected chi connectivity index (χ0v) is 19.2. The maximum atomic E-state index is 13.5. The Morgan fingerprint density at radius 2 is 1.65 bits per heavy atom. The molecule has 0 spiro atoms. The van der Waals surface area contributed by atoms with E-state index in [0.29, 0.717) is 22.9 Å². The summed E-state index contributed by atoms with van der Waals surface area (Å²) in [5.41, 5.74) is 1.02. The van der Waals surface area contributed by atoms with Gasteiger partial charge in [0.1, 0.15) is 11.5 Å². The minimum atomic E-state index is -3.96. The van der Waals surface area contributed by atoms with Crippen molar-refractivity contribution in [1.29, 1.82) is 0 Å². The molecule has 7 nitrogen and oxygen atoms in total. The summed E-state index contributed by atoms with van der Waals surface area (Å²) in [6.07, 6.45) is -1.04. The van der Waals surface area contributed by atoms with Gasteiger partial charge in [-0.1, -0.05) is 48.5 Å². The molecule has 0 aliphatic carbocycles. The Morgan fingerprint density at radius 3 is 2.44 bits per heavy atom. The maximum Gasteiger partial charge on any atom is 0.267 e. The first-order valence-electron chi connectivity index (χ1n) is 10.7. The average molecular weight is 475 g/mol. The highest BCUT2D eigenvalue weighted by atomic mass is 32.2. The molecule has 4 aromatic carbocycles. The Kier molecular flexibility index (Phi) is 5.59. The number of carbonyl (C=O) groups excluding carboxylic acids is 1. The molecule has 1 N–H and O–H groups in total. The smallest absolute Gasteiger partial charge is 0.267 e. The van der Waals surface area contributed by atoms with E-state index in [1.165, 1.54) is 23.5 Å². The van der Waals surface area contributed by atoms with E-state index in [1.807, 2.05) is 42.5 Å². The van der Waals surface area contributed by atoms with Gasteiger partial charge in [-0.25, -0.2) is 8.42 Å². The van der Waals surface area contributed by atoms with Crippen molar-refractivity contribution in [3.63, 3.8) is 0 Å². The lowest BCUT2D eigenvalue weighted by molar-refractivity contribution is -0.122. The number of methoxy groups -OCH3 is 1. The number of para-hydroxylation sites is 2. The van der Waals surface area contributed by atoms with Crippen LogP contribution in [0, 0.1) is 0 Å². The number of hydrogen-bond donors (Lipinski definition) is 1. The Morgan fingerprint density at radius 1 is 0.941 bits per heavy atom. The largest absolute Gasteiger partial charge is 0.497 e. The van der Waals surface area contributed by atoms with E-state index in [9.17, 15) is 13.2 Å². The lowest BCUT2D eigenvalue weighted by Crippen LogP contribution is -2.48. The van der Waals surface area contributed by atoms with Crippen molar-refractivity contribution in [2.75, 3.05) is 23.3 Å². The molecule has 1 heterocycles. The molecule has 8 heteroatoms. The monoisotopic (exact) mass is 474 g/mol. The summed E-state index contributed by atoms with van der Waals surface area (Å²) in [6.45, 7) is -0.165. The van der Waals surface area contributed by atoms with E-state index in [0.717, 1.165) is 10.8 Å². The number of amides is 1. The normalized spacial score (nSPS) is 15.3. The third-order valence-corrected chi connectivity index (χ3v) is 7.52. The Balaban J connectivity index is 1.48. The third-order valence-electron chi connectivity index (χ3n) is 5.72. The molecule has 1 aliphatic heterocycles. The predicted octanol–water partition coefficient (Wildman–Crippen LogP) is 4.44. The molecular formula is C26H22N2O5S. The van der Waals surface area contributed by atoms with Crippen molar-refractivity contribution < 1.29 is 22.7 Å². The van der Waals surface area contributed by atoms with Crippen molar-refractivity contribution in [3.05, 3.63) is 91.0 Å². The second kappa shape index (κ2) is 8.72. The van der Waals surface area contributed by atoms with Crippen LogP contribution in [0.4, 0.5) is 11.4 Å². The second-order valence-corrected chi connectivity index (χ2v) is 9.66. The summed E-state index contributed by atoms with van der Waals surface area (Å²) in [5.74, 6) is 0.443. The first-order chi connectivity index (χ1) is 16.5. The van der Waals surface area contributed by atoms with Crippen LogP contribution in [0.2, 0.25) is 0 Å². The number of carbonyl (C=O) groups is 1. The Bertz CT molecular complexity index is 1460. The van der Waals surface area contributed by atoms with Crippen LogP contribution in [0.25, 0.3) is 10.8 Å². The molecule has 1 amide bonds. The topological polar surface area (TPSA) is 84.9 Å². The van der Waals surface area contributed by atoms with Crippen molar-refractivity contribution in [2.45, 2.75) is 11.0 Å². The summed E-state index contributed by atoms with van der Waals surface area (Å²) in [7, 11) is -2.44. The van der Waals surface area contributed by atoms with Gasteiger partial charge >= 0.3 is 0 Å². The van der Waals surface area contributed by atoms with Crippen molar-refractivity contribution in [1.82, 2.24) is 0 Å². The highest BCUT2D eigenvalue weighted by Gasteiger charge is 2.37. The number of hydrogen-bond acceptors (Lipinski definition) is 5. The zero-order chi connectivity index (χ0) is 23.7. The van der Waals surface area contributed by atoms with E-state index in [-0.39, 0.29) is 11.4 Å². The summed E-state index contributed by atoms with van der Waals surface area (Å²) >= 11 is 0. The lowest BCUT2D eigenvalue weighted by Gasteiger charge is -2.34. The lowest BCUT2D eigenvalue weighted by atomic mass is 10.1. The molecule has 0 unspecified atom stereocenters. The molecule has 1 aliphatic rings. The zero-order valence-electron chi connectivity index (χ0n) is 18.3. The molecule has 0 radical (unpaired) electrons. The van der Waals surface area contributed by atoms with Gasteiger partial charge in [-0.05, 0) is 47.9 Å². The number of nitrogens with one attached hydrogen (secondary N) is 1. The van der Waals surface area contributed by atoms with Crippen LogP contribution in [-0.4, -0.2) is 34.1 Å². The number of benzene rings is 4. The van der Waals surface area contributed by atoms with Crippen molar-refractivity contribution in [2.24, 2.45) is 0 Å². The fourth-order valence-electron chi connectivity index (χ4n) is 3.99. The van der Waals surface area contributed by atoms with Crippen LogP contribution in [0.3, 0.4) is 0 Å². The van der Waals surface area contributed by atoms with Gasteiger partial charge in [-0.3, -0.25) is 9.10 Å². The van der Waals surface area contributed by atoms with E-state index < -0.39 is 22.0 Å². The predicted molar refractivity (Wildman–Crippen MR) is 131 cm³/mol.